The quantitative estimate of drug-likeness (QED) is 0.828. The number of unbranched alkanes of at least 4 members (excludes halogenated alkanes) is 1. The Kier molecular flexibility index (Phi) is 4.12. The number of halogens is 1. The van der Waals surface area contributed by atoms with Crippen molar-refractivity contribution in [2.45, 2.75) is 19.3 Å². The molecule has 0 saturated carbocycles. The van der Waals surface area contributed by atoms with Crippen LogP contribution in [0.15, 0.2) is 30.5 Å². The predicted octanol–water partition coefficient (Wildman–Crippen LogP) is 2.20. The van der Waals surface area contributed by atoms with E-state index in [4.69, 9.17) is 17.3 Å². The second-order valence-corrected chi connectivity index (χ2v) is 4.32. The van der Waals surface area contributed by atoms with E-state index in [0.29, 0.717) is 5.02 Å². The molecule has 90 valence electrons. The van der Waals surface area contributed by atoms with Crippen molar-refractivity contribution < 1.29 is 0 Å². The smallest absolute Gasteiger partial charge is 0.0831 e. The van der Waals surface area contributed by atoms with E-state index in [9.17, 15) is 0 Å². The van der Waals surface area contributed by atoms with E-state index >= 15 is 0 Å². The van der Waals surface area contributed by atoms with Crippen molar-refractivity contribution in [3.8, 4) is 5.69 Å². The molecular formula is C12H15ClN4. The Bertz CT molecular complexity index is 481. The maximum Gasteiger partial charge on any atom is 0.0831 e. The van der Waals surface area contributed by atoms with Crippen LogP contribution in [0.25, 0.3) is 5.69 Å². The Labute approximate surface area is 105 Å². The summed E-state index contributed by atoms with van der Waals surface area (Å²) in [6.45, 7) is 0.725. The number of rotatable bonds is 5. The molecule has 0 spiro atoms. The van der Waals surface area contributed by atoms with Crippen LogP contribution in [0.2, 0.25) is 5.02 Å². The van der Waals surface area contributed by atoms with Gasteiger partial charge in [-0.25, -0.2) is 4.68 Å². The van der Waals surface area contributed by atoms with E-state index in [0.717, 1.165) is 37.2 Å². The van der Waals surface area contributed by atoms with Gasteiger partial charge in [-0.1, -0.05) is 22.9 Å². The molecule has 0 radical (unpaired) electrons. The second kappa shape index (κ2) is 5.80. The number of nitrogens with zero attached hydrogens (tertiary/aromatic N) is 3. The van der Waals surface area contributed by atoms with Crippen LogP contribution < -0.4 is 5.73 Å². The van der Waals surface area contributed by atoms with Gasteiger partial charge in [-0.05, 0) is 44.0 Å². The van der Waals surface area contributed by atoms with Gasteiger partial charge in [-0.15, -0.1) is 5.10 Å². The van der Waals surface area contributed by atoms with Gasteiger partial charge in [0.2, 0.25) is 0 Å². The molecule has 4 nitrogen and oxygen atoms in total. The monoisotopic (exact) mass is 250 g/mol. The van der Waals surface area contributed by atoms with E-state index < -0.39 is 0 Å². The zero-order valence-corrected chi connectivity index (χ0v) is 10.3. The molecule has 0 bridgehead atoms. The summed E-state index contributed by atoms with van der Waals surface area (Å²) in [5.41, 5.74) is 7.36. The van der Waals surface area contributed by atoms with Crippen LogP contribution in [0.5, 0.6) is 0 Å². The first kappa shape index (κ1) is 12.1. The summed E-state index contributed by atoms with van der Waals surface area (Å²) in [6, 6.07) is 7.54. The van der Waals surface area contributed by atoms with Gasteiger partial charge >= 0.3 is 0 Å². The van der Waals surface area contributed by atoms with Gasteiger partial charge in [0.25, 0.3) is 0 Å². The Morgan fingerprint density at radius 1 is 1.29 bits per heavy atom. The van der Waals surface area contributed by atoms with E-state index in [1.54, 1.807) is 4.68 Å². The van der Waals surface area contributed by atoms with Gasteiger partial charge in [0.05, 0.1) is 17.6 Å². The van der Waals surface area contributed by atoms with Crippen LogP contribution in [0.4, 0.5) is 0 Å². The van der Waals surface area contributed by atoms with Gasteiger partial charge in [0.1, 0.15) is 0 Å². The Morgan fingerprint density at radius 2 is 2.18 bits per heavy atom. The average Bonchev–Trinajstić information content (AvgIpc) is 2.78. The molecule has 0 amide bonds. The van der Waals surface area contributed by atoms with Crippen molar-refractivity contribution in [1.29, 1.82) is 0 Å². The predicted molar refractivity (Wildman–Crippen MR) is 68.4 cm³/mol. The van der Waals surface area contributed by atoms with E-state index in [2.05, 4.69) is 10.3 Å². The summed E-state index contributed by atoms with van der Waals surface area (Å²) < 4.78 is 1.74. The van der Waals surface area contributed by atoms with Crippen molar-refractivity contribution in [1.82, 2.24) is 15.0 Å². The molecule has 2 N–H and O–H groups in total. The van der Waals surface area contributed by atoms with Gasteiger partial charge < -0.3 is 5.73 Å². The topological polar surface area (TPSA) is 56.7 Å². The van der Waals surface area contributed by atoms with E-state index in [1.165, 1.54) is 0 Å². The standard InChI is InChI=1S/C12H15ClN4/c13-10-4-3-6-12(8-10)17-9-11(15-16-17)5-1-2-7-14/h3-4,6,8-9H,1-2,5,7,14H2. The minimum atomic E-state index is 0.697. The molecule has 5 heteroatoms. The van der Waals surface area contributed by atoms with Crippen LogP contribution in [-0.2, 0) is 6.42 Å². The highest BCUT2D eigenvalue weighted by Gasteiger charge is 2.02. The van der Waals surface area contributed by atoms with Crippen molar-refractivity contribution in [3.05, 3.63) is 41.2 Å². The molecule has 1 aromatic heterocycles. The molecule has 2 aromatic rings. The summed E-state index contributed by atoms with van der Waals surface area (Å²) in [5.74, 6) is 0. The first-order chi connectivity index (χ1) is 8.29. The minimum Gasteiger partial charge on any atom is -0.330 e. The molecule has 0 unspecified atom stereocenters. The number of benzene rings is 1. The van der Waals surface area contributed by atoms with Gasteiger partial charge in [0.15, 0.2) is 0 Å². The van der Waals surface area contributed by atoms with Crippen LogP contribution in [0, 0.1) is 0 Å². The zero-order valence-electron chi connectivity index (χ0n) is 9.51. The Balaban J connectivity index is 2.07. The second-order valence-electron chi connectivity index (χ2n) is 3.88. The molecule has 0 aliphatic rings. The zero-order chi connectivity index (χ0) is 12.1. The molecule has 2 rings (SSSR count). The summed E-state index contributed by atoms with van der Waals surface area (Å²) in [4.78, 5) is 0. The van der Waals surface area contributed by atoms with Gasteiger partial charge in [0, 0.05) is 5.02 Å². The first-order valence-electron chi connectivity index (χ1n) is 5.67. The number of aryl methyl sites for hydroxylation is 1. The number of aromatic nitrogens is 3. The van der Waals surface area contributed by atoms with E-state index in [1.807, 2.05) is 30.5 Å². The van der Waals surface area contributed by atoms with Crippen LogP contribution >= 0.6 is 11.6 Å². The van der Waals surface area contributed by atoms with Crippen molar-refractivity contribution in [3.63, 3.8) is 0 Å². The molecule has 1 aromatic carbocycles. The first-order valence-corrected chi connectivity index (χ1v) is 6.04. The third-order valence-corrected chi connectivity index (χ3v) is 2.74. The third kappa shape index (κ3) is 3.28. The fraction of sp³-hybridized carbons (Fsp3) is 0.333. The lowest BCUT2D eigenvalue weighted by Gasteiger charge is -1.99. The lowest BCUT2D eigenvalue weighted by Crippen LogP contribution is -1.99. The van der Waals surface area contributed by atoms with Crippen LogP contribution in [-0.4, -0.2) is 21.5 Å². The SMILES string of the molecule is NCCCCc1cn(-c2cccc(Cl)c2)nn1. The van der Waals surface area contributed by atoms with Crippen molar-refractivity contribution >= 4 is 11.6 Å². The van der Waals surface area contributed by atoms with E-state index in [-0.39, 0.29) is 0 Å². The summed E-state index contributed by atoms with van der Waals surface area (Å²) in [5, 5.41) is 8.90. The molecule has 0 aliphatic carbocycles. The lowest BCUT2D eigenvalue weighted by atomic mass is 10.2. The fourth-order valence-electron chi connectivity index (χ4n) is 1.61. The number of nitrogens with two attached hydrogens (primary N) is 1. The average molecular weight is 251 g/mol. The summed E-state index contributed by atoms with van der Waals surface area (Å²) >= 11 is 5.93. The van der Waals surface area contributed by atoms with Crippen LogP contribution in [0.3, 0.4) is 0 Å². The normalized spacial score (nSPS) is 10.7. The van der Waals surface area contributed by atoms with Crippen molar-refractivity contribution in [2.24, 2.45) is 5.73 Å². The fourth-order valence-corrected chi connectivity index (χ4v) is 1.79. The lowest BCUT2D eigenvalue weighted by molar-refractivity contribution is 0.727. The summed E-state index contributed by atoms with van der Waals surface area (Å²) in [6.07, 6.45) is 4.91. The van der Waals surface area contributed by atoms with Crippen molar-refractivity contribution in [2.75, 3.05) is 6.54 Å². The third-order valence-electron chi connectivity index (χ3n) is 2.50. The molecule has 0 atom stereocenters. The maximum absolute atomic E-state index is 5.93. The number of hydrogen-bond donors (Lipinski definition) is 1. The molecule has 0 fully saturated rings. The largest absolute Gasteiger partial charge is 0.330 e. The Hall–Kier alpha value is -1.39. The highest BCUT2D eigenvalue weighted by molar-refractivity contribution is 6.30. The highest BCUT2D eigenvalue weighted by Crippen LogP contribution is 2.14. The van der Waals surface area contributed by atoms with Gasteiger partial charge in [-0.3, -0.25) is 0 Å². The maximum atomic E-state index is 5.93. The molecule has 17 heavy (non-hydrogen) atoms. The molecule has 0 saturated heterocycles. The minimum absolute atomic E-state index is 0.697. The Morgan fingerprint density at radius 3 is 2.94 bits per heavy atom. The van der Waals surface area contributed by atoms with Crippen LogP contribution in [0.1, 0.15) is 18.5 Å². The molecule has 0 aliphatic heterocycles. The summed E-state index contributed by atoms with van der Waals surface area (Å²) in [7, 11) is 0. The molecular weight excluding hydrogens is 236 g/mol. The molecule has 1 heterocycles. The highest BCUT2D eigenvalue weighted by atomic mass is 35.5. The number of hydrogen-bond acceptors (Lipinski definition) is 3. The van der Waals surface area contributed by atoms with Gasteiger partial charge in [-0.2, -0.15) is 0 Å².